The Morgan fingerprint density at radius 3 is 2.15 bits per heavy atom. The standard InChI is InChI=1S/C16H8BrF6N3O/c17-12-3-2-9(6-10(12)15(18,19)20)14(27)26-25-13-4-1-8(7-24)5-11(13)16(21,22)23/h1-6,25H,(H,26,27). The van der Waals surface area contributed by atoms with Crippen LogP contribution >= 0.6 is 15.9 Å². The van der Waals surface area contributed by atoms with E-state index in [-0.39, 0.29) is 10.0 Å². The van der Waals surface area contributed by atoms with Crippen LogP contribution in [-0.4, -0.2) is 5.91 Å². The van der Waals surface area contributed by atoms with E-state index >= 15 is 0 Å². The van der Waals surface area contributed by atoms with Crippen LogP contribution in [0.4, 0.5) is 32.0 Å². The van der Waals surface area contributed by atoms with Crippen LogP contribution in [0.1, 0.15) is 27.0 Å². The molecule has 0 fully saturated rings. The lowest BCUT2D eigenvalue weighted by Gasteiger charge is -2.16. The highest BCUT2D eigenvalue weighted by Gasteiger charge is 2.35. The molecule has 0 aliphatic carbocycles. The van der Waals surface area contributed by atoms with Gasteiger partial charge in [-0.05, 0) is 36.4 Å². The van der Waals surface area contributed by atoms with Gasteiger partial charge in [0.05, 0.1) is 28.4 Å². The fourth-order valence-electron chi connectivity index (χ4n) is 2.04. The smallest absolute Gasteiger partial charge is 0.298 e. The number of nitrogens with one attached hydrogen (secondary N) is 2. The second-order valence-corrected chi connectivity index (χ2v) is 6.00. The van der Waals surface area contributed by atoms with E-state index in [0.717, 1.165) is 24.3 Å². The molecular weight excluding hydrogens is 444 g/mol. The number of hydrogen-bond acceptors (Lipinski definition) is 3. The summed E-state index contributed by atoms with van der Waals surface area (Å²) in [5.74, 6) is -1.08. The van der Waals surface area contributed by atoms with E-state index in [1.54, 1.807) is 6.07 Å². The number of nitriles is 1. The monoisotopic (exact) mass is 451 g/mol. The molecule has 0 bridgehead atoms. The van der Waals surface area contributed by atoms with Gasteiger partial charge in [-0.2, -0.15) is 31.6 Å². The summed E-state index contributed by atoms with van der Waals surface area (Å²) in [7, 11) is 0. The minimum atomic E-state index is -4.82. The fraction of sp³-hybridized carbons (Fsp3) is 0.125. The summed E-state index contributed by atoms with van der Waals surface area (Å²) in [5, 5.41) is 8.70. The maximum Gasteiger partial charge on any atom is 0.418 e. The Morgan fingerprint density at radius 1 is 0.963 bits per heavy atom. The van der Waals surface area contributed by atoms with Crippen molar-refractivity contribution < 1.29 is 31.1 Å². The lowest BCUT2D eigenvalue weighted by Crippen LogP contribution is -2.30. The number of carbonyl (C=O) groups excluding carboxylic acids is 1. The number of hydrazine groups is 1. The number of nitrogens with zero attached hydrogens (tertiary/aromatic N) is 1. The second-order valence-electron chi connectivity index (χ2n) is 5.14. The van der Waals surface area contributed by atoms with Crippen molar-refractivity contribution in [1.29, 1.82) is 5.26 Å². The number of carbonyl (C=O) groups is 1. The summed E-state index contributed by atoms with van der Waals surface area (Å²) < 4.78 is 77.5. The van der Waals surface area contributed by atoms with Crippen molar-refractivity contribution in [2.45, 2.75) is 12.4 Å². The quantitative estimate of drug-likeness (QED) is 0.503. The van der Waals surface area contributed by atoms with E-state index < -0.39 is 40.6 Å². The molecule has 0 heterocycles. The third kappa shape index (κ3) is 4.91. The molecule has 0 aromatic heterocycles. The van der Waals surface area contributed by atoms with Crippen LogP contribution in [-0.2, 0) is 12.4 Å². The van der Waals surface area contributed by atoms with Crippen molar-refractivity contribution in [3.8, 4) is 6.07 Å². The highest BCUT2D eigenvalue weighted by molar-refractivity contribution is 9.10. The SMILES string of the molecule is N#Cc1ccc(NNC(=O)c2ccc(Br)c(C(F)(F)F)c2)c(C(F)(F)F)c1. The first-order chi connectivity index (χ1) is 12.4. The van der Waals surface area contributed by atoms with Crippen molar-refractivity contribution in [3.63, 3.8) is 0 Å². The third-order valence-electron chi connectivity index (χ3n) is 3.30. The third-order valence-corrected chi connectivity index (χ3v) is 3.99. The molecule has 0 saturated carbocycles. The molecule has 2 N–H and O–H groups in total. The van der Waals surface area contributed by atoms with Gasteiger partial charge in [0.15, 0.2) is 0 Å². The number of benzene rings is 2. The van der Waals surface area contributed by atoms with Crippen molar-refractivity contribution >= 4 is 27.5 Å². The largest absolute Gasteiger partial charge is 0.418 e. The zero-order chi connectivity index (χ0) is 20.4. The van der Waals surface area contributed by atoms with E-state index in [2.05, 4.69) is 15.9 Å². The first-order valence-electron chi connectivity index (χ1n) is 6.98. The van der Waals surface area contributed by atoms with Gasteiger partial charge in [0.25, 0.3) is 5.91 Å². The summed E-state index contributed by atoms with van der Waals surface area (Å²) >= 11 is 2.72. The fourth-order valence-corrected chi connectivity index (χ4v) is 2.51. The predicted molar refractivity (Wildman–Crippen MR) is 86.4 cm³/mol. The maximum absolute atomic E-state index is 13.0. The molecule has 0 aliphatic rings. The summed E-state index contributed by atoms with van der Waals surface area (Å²) in [5.41, 5.74) is 0.377. The lowest BCUT2D eigenvalue weighted by molar-refractivity contribution is -0.138. The van der Waals surface area contributed by atoms with Gasteiger partial charge >= 0.3 is 12.4 Å². The minimum Gasteiger partial charge on any atom is -0.298 e. The van der Waals surface area contributed by atoms with E-state index in [4.69, 9.17) is 5.26 Å². The molecular formula is C16H8BrF6N3O. The van der Waals surface area contributed by atoms with Crippen molar-refractivity contribution in [3.05, 3.63) is 63.1 Å². The van der Waals surface area contributed by atoms with Crippen molar-refractivity contribution in [2.75, 3.05) is 5.43 Å². The molecule has 0 unspecified atom stereocenters. The van der Waals surface area contributed by atoms with Gasteiger partial charge in [0.1, 0.15) is 0 Å². The van der Waals surface area contributed by atoms with Crippen LogP contribution in [0.25, 0.3) is 0 Å². The molecule has 2 aromatic rings. The molecule has 0 spiro atoms. The zero-order valence-corrected chi connectivity index (χ0v) is 14.6. The summed E-state index contributed by atoms with van der Waals surface area (Å²) in [6, 6.07) is 6.78. The minimum absolute atomic E-state index is 0.248. The topological polar surface area (TPSA) is 64.9 Å². The summed E-state index contributed by atoms with van der Waals surface area (Å²) in [4.78, 5) is 12.0. The first-order valence-corrected chi connectivity index (χ1v) is 7.77. The highest BCUT2D eigenvalue weighted by atomic mass is 79.9. The molecule has 2 aromatic carbocycles. The lowest BCUT2D eigenvalue weighted by atomic mass is 10.1. The second kappa shape index (κ2) is 7.48. The highest BCUT2D eigenvalue weighted by Crippen LogP contribution is 2.36. The van der Waals surface area contributed by atoms with Crippen LogP contribution in [0.5, 0.6) is 0 Å². The summed E-state index contributed by atoms with van der Waals surface area (Å²) in [6.45, 7) is 0. The van der Waals surface area contributed by atoms with Crippen molar-refractivity contribution in [1.82, 2.24) is 5.43 Å². The molecule has 0 radical (unpaired) electrons. The molecule has 0 aliphatic heterocycles. The Morgan fingerprint density at radius 2 is 1.59 bits per heavy atom. The van der Waals surface area contributed by atoms with Gasteiger partial charge in [0, 0.05) is 10.0 Å². The van der Waals surface area contributed by atoms with Crippen LogP contribution in [0.2, 0.25) is 0 Å². The maximum atomic E-state index is 13.0. The Hall–Kier alpha value is -2.74. The Balaban J connectivity index is 2.26. The van der Waals surface area contributed by atoms with Gasteiger partial charge in [-0.1, -0.05) is 15.9 Å². The van der Waals surface area contributed by atoms with Gasteiger partial charge in [-0.25, -0.2) is 0 Å². The van der Waals surface area contributed by atoms with Gasteiger partial charge in [-0.15, -0.1) is 0 Å². The predicted octanol–water partition coefficient (Wildman–Crippen LogP) is 5.12. The molecule has 1 amide bonds. The molecule has 2 rings (SSSR count). The van der Waals surface area contributed by atoms with Crippen molar-refractivity contribution in [2.24, 2.45) is 0 Å². The number of alkyl halides is 6. The van der Waals surface area contributed by atoms with Gasteiger partial charge < -0.3 is 0 Å². The number of halogens is 7. The van der Waals surface area contributed by atoms with Gasteiger partial charge in [0.2, 0.25) is 0 Å². The Bertz CT molecular complexity index is 918. The first kappa shape index (κ1) is 20.6. The Kier molecular flexibility index (Phi) is 5.70. The average Bonchev–Trinajstić information content (AvgIpc) is 2.58. The number of anilines is 1. The Labute approximate surface area is 156 Å². The molecule has 4 nitrogen and oxygen atoms in total. The molecule has 0 atom stereocenters. The van der Waals surface area contributed by atoms with E-state index in [1.807, 2.05) is 10.9 Å². The van der Waals surface area contributed by atoms with Crippen LogP contribution in [0, 0.1) is 11.3 Å². The van der Waals surface area contributed by atoms with E-state index in [0.29, 0.717) is 12.1 Å². The van der Waals surface area contributed by atoms with Gasteiger partial charge in [-0.3, -0.25) is 15.6 Å². The average molecular weight is 452 g/mol. The molecule has 0 saturated heterocycles. The van der Waals surface area contributed by atoms with Crippen LogP contribution in [0.15, 0.2) is 40.9 Å². The molecule has 11 heteroatoms. The normalized spacial score (nSPS) is 11.6. The zero-order valence-electron chi connectivity index (χ0n) is 13.0. The number of rotatable bonds is 3. The molecule has 142 valence electrons. The number of hydrogen-bond donors (Lipinski definition) is 2. The molecule has 27 heavy (non-hydrogen) atoms. The van der Waals surface area contributed by atoms with E-state index in [9.17, 15) is 31.1 Å². The summed E-state index contributed by atoms with van der Waals surface area (Å²) in [6.07, 6.45) is -9.54. The number of amides is 1. The van der Waals surface area contributed by atoms with Crippen LogP contribution in [0.3, 0.4) is 0 Å². The van der Waals surface area contributed by atoms with Crippen LogP contribution < -0.4 is 10.9 Å². The van der Waals surface area contributed by atoms with E-state index in [1.165, 1.54) is 0 Å².